The summed E-state index contributed by atoms with van der Waals surface area (Å²) in [4.78, 5) is 2.34. The number of aromatic nitrogens is 1. The monoisotopic (exact) mass is 762 g/mol. The third-order valence-electron chi connectivity index (χ3n) is 11.3. The maximum Gasteiger partial charge on any atom is 0.133 e. The quantitative estimate of drug-likeness (QED) is 0.157. The van der Waals surface area contributed by atoms with E-state index in [-0.39, 0.29) is 5.82 Å². The molecule has 0 aliphatic rings. The lowest BCUT2D eigenvalue weighted by Crippen LogP contribution is -2.10. The SMILES string of the molecule is Fc1cccc2c1c1ccccc1n2-c1cccc(-c2ccc(N(c3ccc(-c4cccc5sc6ccccc6c45)cc3)c3cccc(-c4ccccc4)c3)cc2)c1. The van der Waals surface area contributed by atoms with E-state index >= 15 is 4.39 Å². The molecule has 9 aromatic carbocycles. The summed E-state index contributed by atoms with van der Waals surface area (Å²) in [6.07, 6.45) is 0. The lowest BCUT2D eigenvalue weighted by Gasteiger charge is -2.26. The molecule has 0 spiro atoms. The molecule has 274 valence electrons. The van der Waals surface area contributed by atoms with Crippen molar-refractivity contribution >= 4 is 70.4 Å². The molecule has 0 N–H and O–H groups in total. The van der Waals surface area contributed by atoms with E-state index in [9.17, 15) is 0 Å². The van der Waals surface area contributed by atoms with Gasteiger partial charge < -0.3 is 9.47 Å². The van der Waals surface area contributed by atoms with E-state index in [4.69, 9.17) is 0 Å². The largest absolute Gasteiger partial charge is 0.310 e. The molecule has 2 nitrogen and oxygen atoms in total. The molecule has 2 aromatic heterocycles. The van der Waals surface area contributed by atoms with E-state index in [0.29, 0.717) is 5.39 Å². The van der Waals surface area contributed by atoms with E-state index in [2.05, 4.69) is 185 Å². The molecule has 2 heterocycles. The summed E-state index contributed by atoms with van der Waals surface area (Å²) >= 11 is 1.85. The Morgan fingerprint density at radius 1 is 0.379 bits per heavy atom. The van der Waals surface area contributed by atoms with Gasteiger partial charge in [0.1, 0.15) is 5.82 Å². The van der Waals surface area contributed by atoms with Gasteiger partial charge in [-0.25, -0.2) is 4.39 Å². The van der Waals surface area contributed by atoms with E-state index in [0.717, 1.165) is 55.9 Å². The van der Waals surface area contributed by atoms with Gasteiger partial charge in [-0.05, 0) is 112 Å². The van der Waals surface area contributed by atoms with Crippen molar-refractivity contribution in [2.45, 2.75) is 0 Å². The number of halogens is 1. The van der Waals surface area contributed by atoms with Gasteiger partial charge in [-0.15, -0.1) is 11.3 Å². The van der Waals surface area contributed by atoms with Gasteiger partial charge in [-0.2, -0.15) is 0 Å². The third kappa shape index (κ3) is 5.77. The first-order valence-corrected chi connectivity index (χ1v) is 20.3. The molecule has 0 aliphatic carbocycles. The highest BCUT2D eigenvalue weighted by molar-refractivity contribution is 7.25. The van der Waals surface area contributed by atoms with Crippen LogP contribution in [0, 0.1) is 5.82 Å². The Morgan fingerprint density at radius 2 is 0.966 bits per heavy atom. The minimum absolute atomic E-state index is 0.207. The van der Waals surface area contributed by atoms with Gasteiger partial charge in [0.15, 0.2) is 0 Å². The van der Waals surface area contributed by atoms with Crippen LogP contribution < -0.4 is 4.90 Å². The lowest BCUT2D eigenvalue weighted by atomic mass is 9.99. The van der Waals surface area contributed by atoms with E-state index in [1.807, 2.05) is 35.6 Å². The molecular formula is C54H35FN2S. The molecule has 0 unspecified atom stereocenters. The number of para-hydroxylation sites is 1. The molecule has 4 heteroatoms. The van der Waals surface area contributed by atoms with Crippen molar-refractivity contribution in [1.29, 1.82) is 0 Å². The Kier molecular flexibility index (Phi) is 8.23. The Bertz CT molecular complexity index is 3290. The van der Waals surface area contributed by atoms with Crippen molar-refractivity contribution in [3.63, 3.8) is 0 Å². The van der Waals surface area contributed by atoms with Crippen LogP contribution in [0.5, 0.6) is 0 Å². The van der Waals surface area contributed by atoms with Crippen molar-refractivity contribution in [2.75, 3.05) is 4.90 Å². The van der Waals surface area contributed by atoms with Crippen molar-refractivity contribution < 1.29 is 4.39 Å². The first kappa shape index (κ1) is 34.0. The molecule has 58 heavy (non-hydrogen) atoms. The summed E-state index contributed by atoms with van der Waals surface area (Å²) in [6, 6.07) is 74.4. The highest BCUT2D eigenvalue weighted by atomic mass is 32.1. The summed E-state index contributed by atoms with van der Waals surface area (Å²) in [6.45, 7) is 0. The second kappa shape index (κ2) is 14.0. The lowest BCUT2D eigenvalue weighted by molar-refractivity contribution is 0.640. The Morgan fingerprint density at radius 3 is 1.78 bits per heavy atom. The number of fused-ring (bicyclic) bond motifs is 6. The first-order valence-electron chi connectivity index (χ1n) is 19.5. The zero-order valence-corrected chi connectivity index (χ0v) is 32.2. The third-order valence-corrected chi connectivity index (χ3v) is 12.4. The number of hydrogen-bond acceptors (Lipinski definition) is 2. The summed E-state index contributed by atoms with van der Waals surface area (Å²) in [7, 11) is 0. The number of thiophene rings is 1. The number of nitrogens with zero attached hydrogens (tertiary/aromatic N) is 2. The van der Waals surface area contributed by atoms with Crippen LogP contribution in [0.15, 0.2) is 212 Å². The predicted octanol–water partition coefficient (Wildman–Crippen LogP) is 15.8. The molecule has 0 saturated carbocycles. The normalized spacial score (nSPS) is 11.5. The molecule has 0 amide bonds. The van der Waals surface area contributed by atoms with Crippen LogP contribution in [0.2, 0.25) is 0 Å². The van der Waals surface area contributed by atoms with Gasteiger partial charge in [0.05, 0.1) is 11.0 Å². The van der Waals surface area contributed by atoms with Crippen LogP contribution in [0.1, 0.15) is 0 Å². The Hall–Kier alpha value is -7.27. The fourth-order valence-corrected chi connectivity index (χ4v) is 9.72. The highest BCUT2D eigenvalue weighted by Crippen LogP contribution is 2.42. The summed E-state index contributed by atoms with van der Waals surface area (Å²) in [5.41, 5.74) is 13.0. The Balaban J connectivity index is 0.995. The van der Waals surface area contributed by atoms with Crippen molar-refractivity contribution in [3.05, 3.63) is 218 Å². The predicted molar refractivity (Wildman–Crippen MR) is 245 cm³/mol. The minimum Gasteiger partial charge on any atom is -0.310 e. The second-order valence-electron chi connectivity index (χ2n) is 14.7. The van der Waals surface area contributed by atoms with E-state index in [1.165, 1.54) is 36.9 Å². The molecule has 0 bridgehead atoms. The standard InChI is InChI=1S/C54H35FN2S/c55-48-21-11-23-50-54(48)46-18-4-6-22-49(46)57(50)44-17-9-15-40(35-44)37-26-30-41(31-27-37)56(43-16-8-14-39(34-43)36-12-2-1-3-13-36)42-32-28-38(29-33-42)45-20-10-25-52-53(45)47-19-5-7-24-51(47)58-52/h1-35H. The van der Waals surface area contributed by atoms with Gasteiger partial charge in [-0.3, -0.25) is 0 Å². The van der Waals surface area contributed by atoms with Crippen molar-refractivity contribution in [3.8, 4) is 39.1 Å². The smallest absolute Gasteiger partial charge is 0.133 e. The van der Waals surface area contributed by atoms with Crippen LogP contribution in [-0.2, 0) is 0 Å². The van der Waals surface area contributed by atoms with E-state index in [1.54, 1.807) is 12.1 Å². The van der Waals surface area contributed by atoms with Gasteiger partial charge in [0, 0.05) is 53.7 Å². The average molecular weight is 763 g/mol. The van der Waals surface area contributed by atoms with Crippen LogP contribution in [0.4, 0.5) is 21.5 Å². The molecule has 0 atom stereocenters. The van der Waals surface area contributed by atoms with Gasteiger partial charge in [0.2, 0.25) is 0 Å². The molecular weight excluding hydrogens is 728 g/mol. The first-order chi connectivity index (χ1) is 28.7. The highest BCUT2D eigenvalue weighted by Gasteiger charge is 2.18. The Labute approximate surface area is 339 Å². The van der Waals surface area contributed by atoms with Crippen molar-refractivity contribution in [1.82, 2.24) is 4.57 Å². The van der Waals surface area contributed by atoms with Crippen LogP contribution in [0.3, 0.4) is 0 Å². The van der Waals surface area contributed by atoms with Crippen LogP contribution in [-0.4, -0.2) is 4.57 Å². The zero-order valence-electron chi connectivity index (χ0n) is 31.4. The zero-order chi connectivity index (χ0) is 38.6. The fourth-order valence-electron chi connectivity index (χ4n) is 8.59. The van der Waals surface area contributed by atoms with Gasteiger partial charge >= 0.3 is 0 Å². The number of benzene rings is 9. The molecule has 11 rings (SSSR count). The summed E-state index contributed by atoms with van der Waals surface area (Å²) in [5, 5.41) is 4.17. The topological polar surface area (TPSA) is 8.17 Å². The summed E-state index contributed by atoms with van der Waals surface area (Å²) in [5.74, 6) is -0.207. The minimum atomic E-state index is -0.207. The second-order valence-corrected chi connectivity index (χ2v) is 15.7. The molecule has 0 saturated heterocycles. The maximum absolute atomic E-state index is 15.2. The summed E-state index contributed by atoms with van der Waals surface area (Å²) < 4.78 is 20.0. The van der Waals surface area contributed by atoms with Gasteiger partial charge in [-0.1, -0.05) is 133 Å². The maximum atomic E-state index is 15.2. The fraction of sp³-hybridized carbons (Fsp3) is 0. The number of hydrogen-bond donors (Lipinski definition) is 0. The van der Waals surface area contributed by atoms with Crippen LogP contribution >= 0.6 is 11.3 Å². The molecule has 0 fully saturated rings. The molecule has 11 aromatic rings. The molecule has 0 aliphatic heterocycles. The van der Waals surface area contributed by atoms with Crippen molar-refractivity contribution in [2.24, 2.45) is 0 Å². The number of anilines is 3. The molecule has 0 radical (unpaired) electrons. The van der Waals surface area contributed by atoms with Gasteiger partial charge in [0.25, 0.3) is 0 Å². The van der Waals surface area contributed by atoms with E-state index < -0.39 is 0 Å². The van der Waals surface area contributed by atoms with Crippen LogP contribution in [0.25, 0.3) is 81.0 Å². The number of rotatable bonds is 7. The average Bonchev–Trinajstić information content (AvgIpc) is 3.84.